The zero-order valence-corrected chi connectivity index (χ0v) is 11.4. The molecule has 2 nitrogen and oxygen atoms in total. The number of carbonyl (C=O) groups is 1. The lowest BCUT2D eigenvalue weighted by atomic mass is 9.89. The molecule has 1 atom stereocenters. The SMILES string of the molecule is O=C(Cc1ccccc1)OC1CCCc2ccccc21. The minimum absolute atomic E-state index is 0.0730. The fraction of sp³-hybridized carbons (Fsp3) is 0.278. The summed E-state index contributed by atoms with van der Waals surface area (Å²) in [4.78, 5) is 12.1. The molecule has 0 radical (unpaired) electrons. The highest BCUT2D eigenvalue weighted by molar-refractivity contribution is 5.72. The molecule has 3 rings (SSSR count). The molecule has 0 saturated carbocycles. The van der Waals surface area contributed by atoms with Gasteiger partial charge in [-0.2, -0.15) is 0 Å². The van der Waals surface area contributed by atoms with Crippen LogP contribution >= 0.6 is 0 Å². The molecule has 1 aliphatic carbocycles. The van der Waals surface area contributed by atoms with Gasteiger partial charge in [0.2, 0.25) is 0 Å². The molecule has 1 unspecified atom stereocenters. The highest BCUT2D eigenvalue weighted by atomic mass is 16.5. The van der Waals surface area contributed by atoms with Crippen LogP contribution in [-0.2, 0) is 22.4 Å². The molecular weight excluding hydrogens is 248 g/mol. The summed E-state index contributed by atoms with van der Waals surface area (Å²) in [6, 6.07) is 18.0. The van der Waals surface area contributed by atoms with Gasteiger partial charge in [-0.1, -0.05) is 54.6 Å². The summed E-state index contributed by atoms with van der Waals surface area (Å²) in [5, 5.41) is 0. The number of esters is 1. The number of fused-ring (bicyclic) bond motifs is 1. The van der Waals surface area contributed by atoms with Crippen LogP contribution in [0.5, 0.6) is 0 Å². The third-order valence-corrected chi connectivity index (χ3v) is 3.78. The normalized spacial score (nSPS) is 17.3. The van der Waals surface area contributed by atoms with Crippen LogP contribution in [-0.4, -0.2) is 5.97 Å². The lowest BCUT2D eigenvalue weighted by Crippen LogP contribution is -2.18. The monoisotopic (exact) mass is 266 g/mol. The lowest BCUT2D eigenvalue weighted by Gasteiger charge is -2.25. The first-order valence-electron chi connectivity index (χ1n) is 7.14. The zero-order chi connectivity index (χ0) is 13.8. The van der Waals surface area contributed by atoms with E-state index in [1.807, 2.05) is 42.5 Å². The predicted molar refractivity (Wildman–Crippen MR) is 78.4 cm³/mol. The molecule has 0 bridgehead atoms. The molecule has 0 N–H and O–H groups in total. The smallest absolute Gasteiger partial charge is 0.310 e. The van der Waals surface area contributed by atoms with Crippen LogP contribution in [0.3, 0.4) is 0 Å². The minimum Gasteiger partial charge on any atom is -0.457 e. The average Bonchev–Trinajstić information content (AvgIpc) is 2.48. The largest absolute Gasteiger partial charge is 0.457 e. The molecule has 0 spiro atoms. The van der Waals surface area contributed by atoms with Crippen molar-refractivity contribution in [3.63, 3.8) is 0 Å². The summed E-state index contributed by atoms with van der Waals surface area (Å²) in [6.45, 7) is 0. The van der Waals surface area contributed by atoms with Crippen LogP contribution < -0.4 is 0 Å². The topological polar surface area (TPSA) is 26.3 Å². The van der Waals surface area contributed by atoms with Gasteiger partial charge in [0.15, 0.2) is 0 Å². The Bertz CT molecular complexity index is 589. The maximum Gasteiger partial charge on any atom is 0.310 e. The Hall–Kier alpha value is -2.09. The second kappa shape index (κ2) is 5.91. The number of ether oxygens (including phenoxy) is 1. The molecule has 2 aromatic carbocycles. The average molecular weight is 266 g/mol. The van der Waals surface area contributed by atoms with E-state index in [1.165, 1.54) is 11.1 Å². The molecule has 0 amide bonds. The molecule has 0 fully saturated rings. The van der Waals surface area contributed by atoms with E-state index in [9.17, 15) is 4.79 Å². The summed E-state index contributed by atoms with van der Waals surface area (Å²) < 4.78 is 5.68. The summed E-state index contributed by atoms with van der Waals surface area (Å²) in [6.07, 6.45) is 3.37. The summed E-state index contributed by atoms with van der Waals surface area (Å²) in [5.74, 6) is -0.141. The van der Waals surface area contributed by atoms with Crippen molar-refractivity contribution in [2.24, 2.45) is 0 Å². The number of hydrogen-bond donors (Lipinski definition) is 0. The first-order chi connectivity index (χ1) is 9.83. The molecule has 0 saturated heterocycles. The van der Waals surface area contributed by atoms with Crippen molar-refractivity contribution in [2.75, 3.05) is 0 Å². The van der Waals surface area contributed by atoms with Crippen LogP contribution in [0.4, 0.5) is 0 Å². The van der Waals surface area contributed by atoms with Crippen molar-refractivity contribution in [2.45, 2.75) is 31.8 Å². The number of carbonyl (C=O) groups excluding carboxylic acids is 1. The highest BCUT2D eigenvalue weighted by Gasteiger charge is 2.23. The standard InChI is InChI=1S/C18H18O2/c19-18(13-14-7-2-1-3-8-14)20-17-12-6-10-15-9-4-5-11-16(15)17/h1-5,7-9,11,17H,6,10,12-13H2. The van der Waals surface area contributed by atoms with Crippen LogP contribution in [0.2, 0.25) is 0 Å². The maximum atomic E-state index is 12.1. The van der Waals surface area contributed by atoms with Crippen molar-refractivity contribution in [1.82, 2.24) is 0 Å². The van der Waals surface area contributed by atoms with Gasteiger partial charge >= 0.3 is 5.97 Å². The summed E-state index contributed by atoms with van der Waals surface area (Å²) >= 11 is 0. The second-order valence-electron chi connectivity index (χ2n) is 5.23. The van der Waals surface area contributed by atoms with Gasteiger partial charge in [0.1, 0.15) is 6.10 Å². The van der Waals surface area contributed by atoms with Gasteiger partial charge in [-0.15, -0.1) is 0 Å². The van der Waals surface area contributed by atoms with E-state index in [-0.39, 0.29) is 12.1 Å². The molecule has 0 aromatic heterocycles. The fourth-order valence-electron chi connectivity index (χ4n) is 2.79. The molecular formula is C18H18O2. The van der Waals surface area contributed by atoms with Gasteiger partial charge in [0, 0.05) is 0 Å². The van der Waals surface area contributed by atoms with Gasteiger partial charge in [-0.25, -0.2) is 0 Å². The van der Waals surface area contributed by atoms with E-state index in [1.54, 1.807) is 0 Å². The van der Waals surface area contributed by atoms with E-state index in [2.05, 4.69) is 12.1 Å². The number of benzene rings is 2. The van der Waals surface area contributed by atoms with E-state index in [0.717, 1.165) is 24.8 Å². The van der Waals surface area contributed by atoms with Crippen molar-refractivity contribution in [3.8, 4) is 0 Å². The van der Waals surface area contributed by atoms with E-state index in [4.69, 9.17) is 4.74 Å². The Kier molecular flexibility index (Phi) is 3.82. The van der Waals surface area contributed by atoms with Gasteiger partial charge in [0.05, 0.1) is 6.42 Å². The van der Waals surface area contributed by atoms with Gasteiger partial charge in [0.25, 0.3) is 0 Å². The Morgan fingerprint density at radius 2 is 1.80 bits per heavy atom. The van der Waals surface area contributed by atoms with E-state index in [0.29, 0.717) is 6.42 Å². The van der Waals surface area contributed by atoms with Crippen molar-refractivity contribution in [3.05, 3.63) is 71.3 Å². The van der Waals surface area contributed by atoms with Crippen molar-refractivity contribution in [1.29, 1.82) is 0 Å². The van der Waals surface area contributed by atoms with Crippen LogP contribution in [0.25, 0.3) is 0 Å². The Morgan fingerprint density at radius 3 is 2.65 bits per heavy atom. The van der Waals surface area contributed by atoms with Crippen molar-refractivity contribution < 1.29 is 9.53 Å². The zero-order valence-electron chi connectivity index (χ0n) is 11.4. The second-order valence-corrected chi connectivity index (χ2v) is 5.23. The molecule has 2 heteroatoms. The molecule has 0 aliphatic heterocycles. The first kappa shape index (κ1) is 12.9. The molecule has 20 heavy (non-hydrogen) atoms. The Labute approximate surface area is 119 Å². The van der Waals surface area contributed by atoms with E-state index < -0.39 is 0 Å². The maximum absolute atomic E-state index is 12.1. The first-order valence-corrected chi connectivity index (χ1v) is 7.14. The third-order valence-electron chi connectivity index (χ3n) is 3.78. The summed E-state index contributed by atoms with van der Waals surface area (Å²) in [7, 11) is 0. The van der Waals surface area contributed by atoms with Crippen molar-refractivity contribution >= 4 is 5.97 Å². The minimum atomic E-state index is -0.141. The predicted octanol–water partition coefficient (Wildman–Crippen LogP) is 3.85. The van der Waals surface area contributed by atoms with Crippen LogP contribution in [0.15, 0.2) is 54.6 Å². The van der Waals surface area contributed by atoms with Gasteiger partial charge in [-0.05, 0) is 36.0 Å². The Morgan fingerprint density at radius 1 is 1.05 bits per heavy atom. The van der Waals surface area contributed by atoms with Gasteiger partial charge in [-0.3, -0.25) is 4.79 Å². The quantitative estimate of drug-likeness (QED) is 0.789. The van der Waals surface area contributed by atoms with Gasteiger partial charge < -0.3 is 4.74 Å². The fourth-order valence-corrected chi connectivity index (χ4v) is 2.79. The van der Waals surface area contributed by atoms with E-state index >= 15 is 0 Å². The summed E-state index contributed by atoms with van der Waals surface area (Å²) in [5.41, 5.74) is 3.50. The molecule has 2 aromatic rings. The third kappa shape index (κ3) is 2.90. The lowest BCUT2D eigenvalue weighted by molar-refractivity contribution is -0.149. The van der Waals surface area contributed by atoms with Crippen LogP contribution in [0, 0.1) is 0 Å². The molecule has 102 valence electrons. The van der Waals surface area contributed by atoms with Crippen LogP contribution in [0.1, 0.15) is 35.6 Å². The molecule has 1 aliphatic rings. The number of aryl methyl sites for hydroxylation is 1. The Balaban J connectivity index is 1.68. The molecule has 0 heterocycles. The highest BCUT2D eigenvalue weighted by Crippen LogP contribution is 2.32. The number of hydrogen-bond acceptors (Lipinski definition) is 2. The number of rotatable bonds is 3.